The molecule has 2 aromatic carbocycles. The summed E-state index contributed by atoms with van der Waals surface area (Å²) in [5, 5.41) is 16.0. The Labute approximate surface area is 183 Å². The third-order valence-electron chi connectivity index (χ3n) is 6.05. The molecule has 0 bridgehead atoms. The molecule has 1 aromatic heterocycles. The number of anilines is 2. The van der Waals surface area contributed by atoms with Crippen molar-refractivity contribution in [2.45, 2.75) is 38.8 Å². The Morgan fingerprint density at radius 2 is 1.77 bits per heavy atom. The highest BCUT2D eigenvalue weighted by Gasteiger charge is 2.26. The molecule has 1 aliphatic rings. The van der Waals surface area contributed by atoms with E-state index >= 15 is 0 Å². The molecule has 3 N–H and O–H groups in total. The summed E-state index contributed by atoms with van der Waals surface area (Å²) in [6.07, 6.45) is 3.14. The van der Waals surface area contributed by atoms with Gasteiger partial charge in [0.15, 0.2) is 0 Å². The fraction of sp³-hybridized carbons (Fsp3) is 0.375. The molecule has 0 atom stereocenters. The van der Waals surface area contributed by atoms with Crippen LogP contribution in [0.4, 0.5) is 11.9 Å². The number of benzene rings is 2. The molecule has 0 saturated carbocycles. The summed E-state index contributed by atoms with van der Waals surface area (Å²) in [7, 11) is 0. The number of nitrogens with two attached hydrogens (primary N) is 1. The van der Waals surface area contributed by atoms with Crippen molar-refractivity contribution in [1.82, 2.24) is 20.1 Å². The second-order valence-electron chi connectivity index (χ2n) is 8.25. The molecule has 160 valence electrons. The van der Waals surface area contributed by atoms with Gasteiger partial charge >= 0.3 is 0 Å². The predicted molar refractivity (Wildman–Crippen MR) is 122 cm³/mol. The summed E-state index contributed by atoms with van der Waals surface area (Å²) < 4.78 is 0. The minimum Gasteiger partial charge on any atom is -0.366 e. The average molecular weight is 416 g/mol. The second kappa shape index (κ2) is 9.63. The molecule has 4 rings (SSSR count). The van der Waals surface area contributed by atoms with Crippen molar-refractivity contribution in [2.75, 3.05) is 30.3 Å². The van der Waals surface area contributed by atoms with Crippen LogP contribution in [0.15, 0.2) is 48.5 Å². The van der Waals surface area contributed by atoms with Gasteiger partial charge in [-0.3, -0.25) is 4.90 Å². The molecular formula is C24H29N7. The molecule has 7 nitrogen and oxygen atoms in total. The van der Waals surface area contributed by atoms with Gasteiger partial charge in [0.2, 0.25) is 11.9 Å². The Balaban J connectivity index is 1.43. The molecule has 0 unspecified atom stereocenters. The Kier molecular flexibility index (Phi) is 6.48. The van der Waals surface area contributed by atoms with Crippen molar-refractivity contribution in [3.63, 3.8) is 0 Å². The van der Waals surface area contributed by atoms with Crippen molar-refractivity contribution >= 4 is 11.9 Å². The highest BCUT2D eigenvalue weighted by Crippen LogP contribution is 2.22. The number of piperidine rings is 1. The standard InChI is InChI=1S/C24H29N7/c1-18-2-4-19(5-3-18)10-13-31(17-21-8-6-20(16-25)7-9-21)22-11-14-30(15-12-22)24-27-23(26)28-29-24/h2-9,22H,10-15,17H2,1H3,(H3,26,27,28,29). The monoisotopic (exact) mass is 415 g/mol. The molecular weight excluding hydrogens is 386 g/mol. The molecule has 7 heteroatoms. The van der Waals surface area contributed by atoms with Crippen LogP contribution >= 0.6 is 0 Å². The number of hydrogen-bond donors (Lipinski definition) is 2. The van der Waals surface area contributed by atoms with Gasteiger partial charge in [0.1, 0.15) is 0 Å². The van der Waals surface area contributed by atoms with E-state index in [2.05, 4.69) is 74.4 Å². The minimum absolute atomic E-state index is 0.290. The first-order valence-corrected chi connectivity index (χ1v) is 10.8. The molecule has 1 fully saturated rings. The highest BCUT2D eigenvalue weighted by molar-refractivity contribution is 5.34. The lowest BCUT2D eigenvalue weighted by Crippen LogP contribution is -2.45. The first-order chi connectivity index (χ1) is 15.1. The molecule has 1 aliphatic heterocycles. The van der Waals surface area contributed by atoms with E-state index in [-0.39, 0.29) is 5.95 Å². The van der Waals surface area contributed by atoms with E-state index in [0.717, 1.165) is 51.4 Å². The second-order valence-corrected chi connectivity index (χ2v) is 8.25. The van der Waals surface area contributed by atoms with E-state index in [9.17, 15) is 0 Å². The van der Waals surface area contributed by atoms with Crippen LogP contribution in [0.2, 0.25) is 0 Å². The van der Waals surface area contributed by atoms with E-state index in [4.69, 9.17) is 11.0 Å². The average Bonchev–Trinajstić information content (AvgIpc) is 3.24. The Morgan fingerprint density at radius 3 is 2.39 bits per heavy atom. The first-order valence-electron chi connectivity index (χ1n) is 10.8. The van der Waals surface area contributed by atoms with E-state index in [0.29, 0.717) is 11.6 Å². The van der Waals surface area contributed by atoms with Crippen molar-refractivity contribution in [3.05, 3.63) is 70.8 Å². The largest absolute Gasteiger partial charge is 0.366 e. The highest BCUT2D eigenvalue weighted by atomic mass is 15.4. The number of rotatable bonds is 7. The number of nitrogen functional groups attached to an aromatic ring is 1. The third kappa shape index (κ3) is 5.41. The first kappa shape index (κ1) is 20.9. The maximum Gasteiger partial charge on any atom is 0.241 e. The number of aromatic amines is 1. The van der Waals surface area contributed by atoms with Gasteiger partial charge in [0.05, 0.1) is 11.6 Å². The summed E-state index contributed by atoms with van der Waals surface area (Å²) in [5.74, 6) is 1.05. The van der Waals surface area contributed by atoms with E-state index in [1.165, 1.54) is 16.7 Å². The molecule has 2 heterocycles. The molecule has 1 saturated heterocycles. The normalized spacial score (nSPS) is 14.7. The van der Waals surface area contributed by atoms with Crippen molar-refractivity contribution < 1.29 is 0 Å². The van der Waals surface area contributed by atoms with Crippen LogP contribution in [-0.4, -0.2) is 45.8 Å². The van der Waals surface area contributed by atoms with Gasteiger partial charge in [0, 0.05) is 32.2 Å². The number of aryl methyl sites for hydroxylation is 1. The Hall–Kier alpha value is -3.37. The summed E-state index contributed by atoms with van der Waals surface area (Å²) >= 11 is 0. The van der Waals surface area contributed by atoms with Gasteiger partial charge in [0.25, 0.3) is 0 Å². The molecule has 0 spiro atoms. The third-order valence-corrected chi connectivity index (χ3v) is 6.05. The summed E-state index contributed by atoms with van der Waals surface area (Å²) in [6.45, 7) is 5.86. The number of hydrogen-bond acceptors (Lipinski definition) is 6. The fourth-order valence-corrected chi connectivity index (χ4v) is 4.19. The maximum atomic E-state index is 9.08. The molecule has 0 amide bonds. The van der Waals surface area contributed by atoms with Gasteiger partial charge in [-0.15, -0.1) is 5.10 Å². The maximum absolute atomic E-state index is 9.08. The van der Waals surface area contributed by atoms with E-state index in [1.807, 2.05) is 12.1 Å². The van der Waals surface area contributed by atoms with E-state index in [1.54, 1.807) is 0 Å². The summed E-state index contributed by atoms with van der Waals surface area (Å²) in [4.78, 5) is 9.08. The van der Waals surface area contributed by atoms with Crippen LogP contribution in [0.25, 0.3) is 0 Å². The number of nitriles is 1. The topological polar surface area (TPSA) is 97.9 Å². The fourth-order valence-electron chi connectivity index (χ4n) is 4.19. The zero-order valence-electron chi connectivity index (χ0n) is 18.0. The molecule has 3 aromatic rings. The zero-order valence-corrected chi connectivity index (χ0v) is 18.0. The Bertz CT molecular complexity index is 1010. The number of H-pyrrole nitrogens is 1. The predicted octanol–water partition coefficient (Wildman–Crippen LogP) is 3.28. The van der Waals surface area contributed by atoms with Crippen LogP contribution in [0, 0.1) is 18.3 Å². The lowest BCUT2D eigenvalue weighted by atomic mass is 10.0. The van der Waals surface area contributed by atoms with E-state index < -0.39 is 0 Å². The van der Waals surface area contributed by atoms with Gasteiger partial charge in [-0.25, -0.2) is 5.10 Å². The Morgan fingerprint density at radius 1 is 1.10 bits per heavy atom. The lowest BCUT2D eigenvalue weighted by molar-refractivity contribution is 0.162. The van der Waals surface area contributed by atoms with Gasteiger partial charge in [-0.05, 0) is 49.4 Å². The number of aromatic nitrogens is 3. The van der Waals surface area contributed by atoms with Gasteiger partial charge < -0.3 is 10.6 Å². The lowest BCUT2D eigenvalue weighted by Gasteiger charge is -2.38. The quantitative estimate of drug-likeness (QED) is 0.615. The van der Waals surface area contributed by atoms with Crippen LogP contribution in [0.1, 0.15) is 35.1 Å². The van der Waals surface area contributed by atoms with Crippen molar-refractivity contribution in [2.24, 2.45) is 0 Å². The van der Waals surface area contributed by atoms with Crippen LogP contribution in [0.5, 0.6) is 0 Å². The van der Waals surface area contributed by atoms with Crippen LogP contribution < -0.4 is 10.6 Å². The SMILES string of the molecule is Cc1ccc(CCN(Cc2ccc(C#N)cc2)C2CCN(c3nc(N)n[nH]3)CC2)cc1. The van der Waals surface area contributed by atoms with Crippen molar-refractivity contribution in [1.29, 1.82) is 5.26 Å². The summed E-state index contributed by atoms with van der Waals surface area (Å²) in [5.41, 5.74) is 10.3. The molecule has 0 radical (unpaired) electrons. The summed E-state index contributed by atoms with van der Waals surface area (Å²) in [6, 6.07) is 19.5. The number of nitrogens with one attached hydrogen (secondary N) is 1. The van der Waals surface area contributed by atoms with Crippen molar-refractivity contribution in [3.8, 4) is 6.07 Å². The minimum atomic E-state index is 0.290. The van der Waals surface area contributed by atoms with Crippen LogP contribution in [-0.2, 0) is 13.0 Å². The zero-order chi connectivity index (χ0) is 21.6. The van der Waals surface area contributed by atoms with Gasteiger partial charge in [-0.1, -0.05) is 42.0 Å². The van der Waals surface area contributed by atoms with Gasteiger partial charge in [-0.2, -0.15) is 10.2 Å². The smallest absolute Gasteiger partial charge is 0.241 e. The molecule has 0 aliphatic carbocycles. The molecule has 31 heavy (non-hydrogen) atoms. The number of nitrogens with zero attached hydrogens (tertiary/aromatic N) is 5. The van der Waals surface area contributed by atoms with Crippen LogP contribution in [0.3, 0.4) is 0 Å².